The van der Waals surface area contributed by atoms with E-state index in [1.807, 2.05) is 0 Å². The smallest absolute Gasteiger partial charge is 0.410 e. The van der Waals surface area contributed by atoms with Gasteiger partial charge in [-0.15, -0.1) is 0 Å². The van der Waals surface area contributed by atoms with Gasteiger partial charge >= 0.3 is 6.11 Å². The van der Waals surface area contributed by atoms with Crippen LogP contribution in [0.4, 0.5) is 13.2 Å². The molecule has 4 N–H and O–H groups in total. The van der Waals surface area contributed by atoms with E-state index < -0.39 is 64.1 Å². The Labute approximate surface area is 208 Å². The Balaban J connectivity index is 1.66. The average molecular weight is 536 g/mol. The number of carbonyl (C=O) groups is 2. The van der Waals surface area contributed by atoms with Gasteiger partial charge in [0.05, 0.1) is 17.5 Å². The van der Waals surface area contributed by atoms with Crippen molar-refractivity contribution in [3.8, 4) is 5.75 Å². The predicted molar refractivity (Wildman–Crippen MR) is 125 cm³/mol. The van der Waals surface area contributed by atoms with Crippen molar-refractivity contribution in [1.82, 2.24) is 16.0 Å². The second-order valence-electron chi connectivity index (χ2n) is 9.40. The van der Waals surface area contributed by atoms with Crippen molar-refractivity contribution in [3.63, 3.8) is 0 Å². The summed E-state index contributed by atoms with van der Waals surface area (Å²) in [7, 11) is -3.77. The Morgan fingerprint density at radius 3 is 2.33 bits per heavy atom. The lowest BCUT2D eigenvalue weighted by atomic mass is 10.1. The van der Waals surface area contributed by atoms with Gasteiger partial charge < -0.3 is 20.5 Å². The van der Waals surface area contributed by atoms with Crippen LogP contribution in [0.15, 0.2) is 24.3 Å². The molecule has 0 saturated heterocycles. The van der Waals surface area contributed by atoms with E-state index in [0.717, 1.165) is 49.9 Å². The van der Waals surface area contributed by atoms with Crippen LogP contribution in [-0.2, 0) is 19.4 Å². The highest BCUT2D eigenvalue weighted by atomic mass is 32.2. The van der Waals surface area contributed by atoms with Gasteiger partial charge in [-0.3, -0.25) is 14.9 Å². The summed E-state index contributed by atoms with van der Waals surface area (Å²) in [6.07, 6.45) is -2.24. The maximum atomic E-state index is 14.4. The lowest BCUT2D eigenvalue weighted by Gasteiger charge is -2.27. The molecule has 0 radical (unpaired) electrons. The van der Waals surface area contributed by atoms with E-state index in [2.05, 4.69) is 20.7 Å². The van der Waals surface area contributed by atoms with Gasteiger partial charge in [0.15, 0.2) is 15.9 Å². The molecule has 0 heterocycles. The lowest BCUT2D eigenvalue weighted by molar-refractivity contribution is -0.172. The van der Waals surface area contributed by atoms with Crippen molar-refractivity contribution < 1.29 is 41.0 Å². The molecule has 3 rings (SSSR count). The molecule has 2 saturated carbocycles. The van der Waals surface area contributed by atoms with Crippen LogP contribution in [0, 0.1) is 11.7 Å². The van der Waals surface area contributed by atoms with Gasteiger partial charge in [-0.2, -0.15) is 8.78 Å². The van der Waals surface area contributed by atoms with Crippen LogP contribution in [0.3, 0.4) is 0 Å². The first-order chi connectivity index (χ1) is 16.9. The fourth-order valence-electron chi connectivity index (χ4n) is 3.53. The van der Waals surface area contributed by atoms with Gasteiger partial charge in [0, 0.05) is 6.04 Å². The van der Waals surface area contributed by atoms with E-state index in [4.69, 9.17) is 0 Å². The molecule has 2 fully saturated rings. The molecular formula is C23H32F3N3O6S. The minimum atomic E-state index is -3.86. The molecule has 1 aromatic carbocycles. The Morgan fingerprint density at radius 1 is 1.14 bits per heavy atom. The number of carbonyl (C=O) groups excluding carboxylic acids is 2. The molecule has 3 atom stereocenters. The first-order valence-corrected chi connectivity index (χ1v) is 13.7. The number of sulfone groups is 1. The second-order valence-corrected chi connectivity index (χ2v) is 11.6. The van der Waals surface area contributed by atoms with E-state index in [1.54, 1.807) is 6.92 Å². The topological polar surface area (TPSA) is 134 Å². The van der Waals surface area contributed by atoms with Gasteiger partial charge in [0.25, 0.3) is 5.91 Å². The van der Waals surface area contributed by atoms with E-state index >= 15 is 0 Å². The van der Waals surface area contributed by atoms with Crippen LogP contribution in [0.2, 0.25) is 0 Å². The number of hydrogen-bond donors (Lipinski definition) is 4. The lowest BCUT2D eigenvalue weighted by Crippen LogP contribution is -2.57. The average Bonchev–Trinajstić information content (AvgIpc) is 3.73. The molecule has 9 nitrogen and oxygen atoms in total. The summed E-state index contributed by atoms with van der Waals surface area (Å²) < 4.78 is 71.6. The van der Waals surface area contributed by atoms with Crippen molar-refractivity contribution in [1.29, 1.82) is 0 Å². The number of halogens is 3. The number of rotatable bonds is 15. The Hall–Kier alpha value is -2.38. The minimum Gasteiger partial charge on any atom is -0.432 e. The molecule has 3 unspecified atom stereocenters. The third-order valence-electron chi connectivity index (χ3n) is 5.90. The Bertz CT molecular complexity index is 1020. The van der Waals surface area contributed by atoms with Gasteiger partial charge in [0.1, 0.15) is 24.2 Å². The number of benzene rings is 1. The monoisotopic (exact) mass is 535 g/mol. The van der Waals surface area contributed by atoms with Crippen LogP contribution in [0.5, 0.6) is 5.75 Å². The van der Waals surface area contributed by atoms with Crippen LogP contribution >= 0.6 is 0 Å². The molecule has 0 aliphatic heterocycles. The van der Waals surface area contributed by atoms with Crippen molar-refractivity contribution in [2.45, 2.75) is 69.4 Å². The van der Waals surface area contributed by atoms with E-state index in [0.29, 0.717) is 0 Å². The van der Waals surface area contributed by atoms with Crippen molar-refractivity contribution in [2.24, 2.45) is 5.92 Å². The normalized spacial score (nSPS) is 18.7. The maximum absolute atomic E-state index is 14.4. The van der Waals surface area contributed by atoms with E-state index in [1.165, 1.54) is 0 Å². The summed E-state index contributed by atoms with van der Waals surface area (Å²) in [5.41, 5.74) is 0. The SMILES string of the molecule is CCC(NC(=O)C(CS(=O)(=O)CC1CC1)NCC(F)(F)Oc1ccc(F)cc1)C(O)C(=O)NC1CC1. The van der Waals surface area contributed by atoms with Crippen LogP contribution in [0.1, 0.15) is 39.0 Å². The summed E-state index contributed by atoms with van der Waals surface area (Å²) in [5.74, 6) is -3.50. The molecular weight excluding hydrogens is 503 g/mol. The van der Waals surface area contributed by atoms with Crippen molar-refractivity contribution in [2.75, 3.05) is 18.1 Å². The molecule has 36 heavy (non-hydrogen) atoms. The third-order valence-corrected chi connectivity index (χ3v) is 7.72. The maximum Gasteiger partial charge on any atom is 0.410 e. The van der Waals surface area contributed by atoms with Crippen LogP contribution < -0.4 is 20.7 Å². The summed E-state index contributed by atoms with van der Waals surface area (Å²) in [6.45, 7) is 0.387. The fourth-order valence-corrected chi connectivity index (χ4v) is 5.50. The predicted octanol–water partition coefficient (Wildman–Crippen LogP) is 1.11. The first-order valence-electron chi connectivity index (χ1n) is 11.9. The zero-order valence-electron chi connectivity index (χ0n) is 19.9. The third kappa shape index (κ3) is 9.25. The minimum absolute atomic E-state index is 0.0155. The highest BCUT2D eigenvalue weighted by Gasteiger charge is 2.38. The van der Waals surface area contributed by atoms with Crippen LogP contribution in [-0.4, -0.2) is 73.7 Å². The number of aliphatic hydroxyl groups is 1. The van der Waals surface area contributed by atoms with Crippen LogP contribution in [0.25, 0.3) is 0 Å². The Kier molecular flexibility index (Phi) is 9.23. The molecule has 13 heteroatoms. The van der Waals surface area contributed by atoms with Gasteiger partial charge in [0.2, 0.25) is 5.91 Å². The molecule has 2 aliphatic carbocycles. The molecule has 202 valence electrons. The number of aliphatic hydroxyl groups excluding tert-OH is 1. The van der Waals surface area contributed by atoms with E-state index in [9.17, 15) is 36.3 Å². The molecule has 1 aromatic rings. The number of hydrogen-bond acceptors (Lipinski definition) is 7. The number of alkyl halides is 2. The van der Waals surface area contributed by atoms with Gasteiger partial charge in [-0.1, -0.05) is 6.92 Å². The molecule has 0 bridgehead atoms. The Morgan fingerprint density at radius 2 is 1.78 bits per heavy atom. The number of ether oxygens (including phenoxy) is 1. The second kappa shape index (κ2) is 11.8. The number of nitrogens with one attached hydrogen (secondary N) is 3. The quantitative estimate of drug-likeness (QED) is 0.264. The summed E-state index contributed by atoms with van der Waals surface area (Å²) in [6, 6.07) is 1.23. The zero-order chi connectivity index (χ0) is 26.5. The van der Waals surface area contributed by atoms with Gasteiger partial charge in [-0.05, 0) is 62.3 Å². The highest BCUT2D eigenvalue weighted by molar-refractivity contribution is 7.91. The van der Waals surface area contributed by atoms with Gasteiger partial charge in [-0.25, -0.2) is 12.8 Å². The molecule has 0 aromatic heterocycles. The number of amides is 2. The zero-order valence-corrected chi connectivity index (χ0v) is 20.7. The van der Waals surface area contributed by atoms with Crippen molar-refractivity contribution in [3.05, 3.63) is 30.1 Å². The van der Waals surface area contributed by atoms with Crippen molar-refractivity contribution >= 4 is 21.7 Å². The largest absolute Gasteiger partial charge is 0.432 e. The summed E-state index contributed by atoms with van der Waals surface area (Å²) >= 11 is 0. The summed E-state index contributed by atoms with van der Waals surface area (Å²) in [4.78, 5) is 25.1. The van der Waals surface area contributed by atoms with E-state index in [-0.39, 0.29) is 29.9 Å². The standard InChI is InChI=1S/C23H32F3N3O6S/c1-2-18(20(30)22(32)28-16-7-8-16)29-21(31)19(12-36(33,34)11-14-3-4-14)27-13-23(25,26)35-17-9-5-15(24)6-10-17/h5-6,9-10,14,16,18-20,27,30H,2-4,7-8,11-13H2,1H3,(H,28,32)(H,29,31). The molecule has 2 aliphatic rings. The fraction of sp³-hybridized carbons (Fsp3) is 0.652. The molecule has 0 spiro atoms. The molecule has 2 amide bonds. The highest BCUT2D eigenvalue weighted by Crippen LogP contribution is 2.30. The summed E-state index contributed by atoms with van der Waals surface area (Å²) in [5, 5.41) is 17.7. The first kappa shape index (κ1) is 28.2.